The standard InChI is InChI=1S/C14H20N2/c1-14(2,3)12-7-5-11(6-8-12)13-9-10-15-16(13)4/h5-9,15H,10H2,1-4H3. The maximum atomic E-state index is 3.25. The summed E-state index contributed by atoms with van der Waals surface area (Å²) in [6.07, 6.45) is 2.21. The molecule has 2 nitrogen and oxygen atoms in total. The molecule has 0 aromatic heterocycles. The average Bonchev–Trinajstić information content (AvgIpc) is 2.63. The molecule has 0 fully saturated rings. The Labute approximate surface area is 97.9 Å². The first-order valence-electron chi connectivity index (χ1n) is 5.77. The van der Waals surface area contributed by atoms with Gasteiger partial charge in [0.25, 0.3) is 0 Å². The normalized spacial score (nSPS) is 16.5. The molecule has 1 aromatic rings. The molecule has 2 rings (SSSR count). The number of rotatable bonds is 1. The molecule has 0 saturated carbocycles. The van der Waals surface area contributed by atoms with E-state index in [1.807, 2.05) is 0 Å². The lowest BCUT2D eigenvalue weighted by Crippen LogP contribution is -2.26. The second-order valence-electron chi connectivity index (χ2n) is 5.34. The van der Waals surface area contributed by atoms with Gasteiger partial charge in [-0.3, -0.25) is 0 Å². The Morgan fingerprint density at radius 3 is 2.19 bits per heavy atom. The van der Waals surface area contributed by atoms with Crippen molar-refractivity contribution >= 4 is 5.70 Å². The van der Waals surface area contributed by atoms with Crippen LogP contribution in [0, 0.1) is 0 Å². The Balaban J connectivity index is 2.26. The summed E-state index contributed by atoms with van der Waals surface area (Å²) in [4.78, 5) is 0. The first-order chi connectivity index (χ1) is 7.48. The molecule has 86 valence electrons. The highest BCUT2D eigenvalue weighted by Crippen LogP contribution is 2.25. The lowest BCUT2D eigenvalue weighted by molar-refractivity contribution is 0.392. The summed E-state index contributed by atoms with van der Waals surface area (Å²) in [5.74, 6) is 0. The summed E-state index contributed by atoms with van der Waals surface area (Å²) in [5.41, 5.74) is 7.41. The molecule has 1 aromatic carbocycles. The zero-order chi connectivity index (χ0) is 11.8. The summed E-state index contributed by atoms with van der Waals surface area (Å²) in [6, 6.07) is 8.86. The number of hydrogen-bond acceptors (Lipinski definition) is 2. The van der Waals surface area contributed by atoms with Crippen molar-refractivity contribution in [3.8, 4) is 0 Å². The van der Waals surface area contributed by atoms with Crippen LogP contribution in [-0.2, 0) is 5.41 Å². The van der Waals surface area contributed by atoms with Gasteiger partial charge >= 0.3 is 0 Å². The molecule has 0 radical (unpaired) electrons. The molecule has 16 heavy (non-hydrogen) atoms. The van der Waals surface area contributed by atoms with Gasteiger partial charge in [0.05, 0.1) is 5.70 Å². The Bertz CT molecular complexity index is 396. The second-order valence-corrected chi connectivity index (χ2v) is 5.34. The maximum absolute atomic E-state index is 3.25. The summed E-state index contributed by atoms with van der Waals surface area (Å²) in [6.45, 7) is 7.65. The van der Waals surface area contributed by atoms with Crippen LogP contribution in [-0.4, -0.2) is 18.6 Å². The number of hydrogen-bond donors (Lipinski definition) is 1. The molecule has 1 aliphatic heterocycles. The molecule has 0 aliphatic carbocycles. The quantitative estimate of drug-likeness (QED) is 0.776. The minimum Gasteiger partial charge on any atom is -0.311 e. The van der Waals surface area contributed by atoms with E-state index in [1.165, 1.54) is 16.8 Å². The van der Waals surface area contributed by atoms with E-state index in [1.54, 1.807) is 0 Å². The van der Waals surface area contributed by atoms with Gasteiger partial charge in [0.2, 0.25) is 0 Å². The van der Waals surface area contributed by atoms with E-state index in [0.29, 0.717) is 0 Å². The van der Waals surface area contributed by atoms with Gasteiger partial charge in [0, 0.05) is 13.6 Å². The van der Waals surface area contributed by atoms with Crippen LogP contribution in [0.25, 0.3) is 5.70 Å². The Morgan fingerprint density at radius 1 is 1.12 bits per heavy atom. The van der Waals surface area contributed by atoms with Crippen molar-refractivity contribution in [1.29, 1.82) is 0 Å². The van der Waals surface area contributed by atoms with Crippen molar-refractivity contribution in [3.05, 3.63) is 41.5 Å². The van der Waals surface area contributed by atoms with Crippen LogP contribution in [0.4, 0.5) is 0 Å². The Morgan fingerprint density at radius 2 is 1.75 bits per heavy atom. The molecule has 0 bridgehead atoms. The van der Waals surface area contributed by atoms with E-state index in [2.05, 4.69) is 68.6 Å². The lowest BCUT2D eigenvalue weighted by atomic mass is 9.86. The van der Waals surface area contributed by atoms with Gasteiger partial charge in [0.15, 0.2) is 0 Å². The second kappa shape index (κ2) is 3.95. The molecule has 0 atom stereocenters. The van der Waals surface area contributed by atoms with Crippen LogP contribution >= 0.6 is 0 Å². The molecular formula is C14H20N2. The number of nitrogens with zero attached hydrogens (tertiary/aromatic N) is 1. The summed E-state index contributed by atoms with van der Waals surface area (Å²) in [7, 11) is 2.05. The van der Waals surface area contributed by atoms with Crippen molar-refractivity contribution in [2.45, 2.75) is 26.2 Å². The first-order valence-corrected chi connectivity index (χ1v) is 5.77. The summed E-state index contributed by atoms with van der Waals surface area (Å²) in [5, 5.41) is 2.08. The van der Waals surface area contributed by atoms with Gasteiger partial charge in [-0.25, -0.2) is 5.43 Å². The fourth-order valence-corrected chi connectivity index (χ4v) is 1.95. The fourth-order valence-electron chi connectivity index (χ4n) is 1.95. The molecule has 2 heteroatoms. The zero-order valence-corrected chi connectivity index (χ0v) is 10.5. The predicted octanol–water partition coefficient (Wildman–Crippen LogP) is 2.78. The van der Waals surface area contributed by atoms with E-state index < -0.39 is 0 Å². The van der Waals surface area contributed by atoms with Gasteiger partial charge in [-0.05, 0) is 22.6 Å². The van der Waals surface area contributed by atoms with Gasteiger partial charge in [-0.15, -0.1) is 0 Å². The molecule has 1 N–H and O–H groups in total. The average molecular weight is 216 g/mol. The zero-order valence-electron chi connectivity index (χ0n) is 10.5. The van der Waals surface area contributed by atoms with Crippen molar-refractivity contribution in [2.24, 2.45) is 0 Å². The van der Waals surface area contributed by atoms with Crippen LogP contribution < -0.4 is 5.43 Å². The lowest BCUT2D eigenvalue weighted by Gasteiger charge is -2.21. The number of benzene rings is 1. The molecule has 0 amide bonds. The Hall–Kier alpha value is -1.28. The van der Waals surface area contributed by atoms with Gasteiger partial charge < -0.3 is 5.01 Å². The molecule has 1 aliphatic rings. The van der Waals surface area contributed by atoms with Gasteiger partial charge in [-0.2, -0.15) is 0 Å². The van der Waals surface area contributed by atoms with E-state index in [9.17, 15) is 0 Å². The minimum atomic E-state index is 0.229. The minimum absolute atomic E-state index is 0.229. The third-order valence-corrected chi connectivity index (χ3v) is 3.03. The van der Waals surface area contributed by atoms with E-state index in [-0.39, 0.29) is 5.41 Å². The highest BCUT2D eigenvalue weighted by Gasteiger charge is 2.15. The SMILES string of the molecule is CN1NCC=C1c1ccc(C(C)(C)C)cc1. The number of nitrogens with one attached hydrogen (secondary N) is 1. The van der Waals surface area contributed by atoms with Crippen LogP contribution in [0.15, 0.2) is 30.3 Å². The Kier molecular flexibility index (Phi) is 2.76. The predicted molar refractivity (Wildman–Crippen MR) is 68.9 cm³/mol. The number of hydrazine groups is 1. The molecule has 0 spiro atoms. The molecular weight excluding hydrogens is 196 g/mol. The summed E-state index contributed by atoms with van der Waals surface area (Å²) < 4.78 is 0. The highest BCUT2D eigenvalue weighted by molar-refractivity contribution is 5.65. The topological polar surface area (TPSA) is 15.3 Å². The van der Waals surface area contributed by atoms with Crippen LogP contribution in [0.5, 0.6) is 0 Å². The third-order valence-electron chi connectivity index (χ3n) is 3.03. The monoisotopic (exact) mass is 216 g/mol. The van der Waals surface area contributed by atoms with Gasteiger partial charge in [-0.1, -0.05) is 45.0 Å². The maximum Gasteiger partial charge on any atom is 0.0562 e. The molecule has 0 saturated heterocycles. The van der Waals surface area contributed by atoms with Crippen LogP contribution in [0.1, 0.15) is 31.9 Å². The molecule has 1 heterocycles. The van der Waals surface area contributed by atoms with Crippen molar-refractivity contribution in [1.82, 2.24) is 10.4 Å². The van der Waals surface area contributed by atoms with Crippen molar-refractivity contribution < 1.29 is 0 Å². The smallest absolute Gasteiger partial charge is 0.0562 e. The van der Waals surface area contributed by atoms with E-state index >= 15 is 0 Å². The summed E-state index contributed by atoms with van der Waals surface area (Å²) >= 11 is 0. The largest absolute Gasteiger partial charge is 0.311 e. The third kappa shape index (κ3) is 2.12. The van der Waals surface area contributed by atoms with Crippen LogP contribution in [0.3, 0.4) is 0 Å². The first kappa shape index (κ1) is 11.2. The van der Waals surface area contributed by atoms with Crippen molar-refractivity contribution in [3.63, 3.8) is 0 Å². The van der Waals surface area contributed by atoms with Crippen LogP contribution in [0.2, 0.25) is 0 Å². The van der Waals surface area contributed by atoms with E-state index in [4.69, 9.17) is 0 Å². The fraction of sp³-hybridized carbons (Fsp3) is 0.429. The molecule has 0 unspecified atom stereocenters. The highest BCUT2D eigenvalue weighted by atomic mass is 15.5. The van der Waals surface area contributed by atoms with Gasteiger partial charge in [0.1, 0.15) is 0 Å². The van der Waals surface area contributed by atoms with Crippen molar-refractivity contribution in [2.75, 3.05) is 13.6 Å². The van der Waals surface area contributed by atoms with E-state index in [0.717, 1.165) is 6.54 Å².